The zero-order valence-corrected chi connectivity index (χ0v) is 12.6. The average Bonchev–Trinajstić information content (AvgIpc) is 2.95. The highest BCUT2D eigenvalue weighted by atomic mass is 16.1. The molecule has 110 valence electrons. The lowest BCUT2D eigenvalue weighted by atomic mass is 9.86. The van der Waals surface area contributed by atoms with Crippen LogP contribution in [0, 0.1) is 12.8 Å². The van der Waals surface area contributed by atoms with Crippen LogP contribution in [0.1, 0.15) is 37.7 Å². The Hall–Kier alpha value is -1.35. The van der Waals surface area contributed by atoms with Gasteiger partial charge in [0.15, 0.2) is 0 Å². The van der Waals surface area contributed by atoms with Gasteiger partial charge in [-0.3, -0.25) is 4.79 Å². The van der Waals surface area contributed by atoms with Crippen LogP contribution >= 0.6 is 0 Å². The number of nitrogens with one attached hydrogen (secondary N) is 1. The Morgan fingerprint density at radius 2 is 2.05 bits per heavy atom. The number of aryl methyl sites for hydroxylation is 1. The molecule has 0 aromatic heterocycles. The molecule has 2 atom stereocenters. The molecule has 1 aliphatic heterocycles. The van der Waals surface area contributed by atoms with E-state index in [0.29, 0.717) is 0 Å². The summed E-state index contributed by atoms with van der Waals surface area (Å²) in [5.41, 5.74) is 2.09. The molecule has 1 amide bonds. The van der Waals surface area contributed by atoms with Crippen molar-refractivity contribution in [1.29, 1.82) is 0 Å². The summed E-state index contributed by atoms with van der Waals surface area (Å²) in [4.78, 5) is 11.9. The van der Waals surface area contributed by atoms with Gasteiger partial charge in [0.25, 0.3) is 0 Å². The quantitative estimate of drug-likeness (QED) is 0.840. The molecule has 1 heterocycles. The van der Waals surface area contributed by atoms with E-state index in [-0.39, 0.29) is 0 Å². The molecule has 0 radical (unpaired) electrons. The van der Waals surface area contributed by atoms with E-state index >= 15 is 0 Å². The number of nitrogens with zero attached hydrogens (tertiary/aromatic N) is 1. The number of fused-ring (bicyclic) bond motifs is 1. The topological polar surface area (TPSA) is 32.3 Å². The van der Waals surface area contributed by atoms with Crippen molar-refractivity contribution < 1.29 is 4.79 Å². The summed E-state index contributed by atoms with van der Waals surface area (Å²) in [7, 11) is 1.74. The first kappa shape index (κ1) is 15.0. The summed E-state index contributed by atoms with van der Waals surface area (Å²) >= 11 is 0. The van der Waals surface area contributed by atoms with E-state index in [1.807, 2.05) is 31.2 Å². The van der Waals surface area contributed by atoms with E-state index in [2.05, 4.69) is 5.32 Å². The summed E-state index contributed by atoms with van der Waals surface area (Å²) in [6.07, 6.45) is 8.15. The fraction of sp³-hybridized carbons (Fsp3) is 0.588. The highest BCUT2D eigenvalue weighted by Gasteiger charge is 2.28. The minimum Gasteiger partial charge on any atom is -0.318 e. The van der Waals surface area contributed by atoms with E-state index in [9.17, 15) is 4.79 Å². The molecule has 1 aliphatic carbocycles. The number of carbonyl (C=O) groups is 1. The largest absolute Gasteiger partial charge is 0.318 e. The van der Waals surface area contributed by atoms with Crippen LogP contribution in [0.25, 0.3) is 0 Å². The molecular weight excluding hydrogens is 248 g/mol. The Bertz CT molecular complexity index is 421. The molecule has 1 saturated carbocycles. The van der Waals surface area contributed by atoms with E-state index in [1.165, 1.54) is 38.6 Å². The molecule has 2 fully saturated rings. The van der Waals surface area contributed by atoms with Crippen LogP contribution < -0.4 is 10.2 Å². The fourth-order valence-electron chi connectivity index (χ4n) is 3.18. The van der Waals surface area contributed by atoms with Gasteiger partial charge >= 0.3 is 0 Å². The second-order valence-corrected chi connectivity index (χ2v) is 5.95. The maximum Gasteiger partial charge on any atom is 0.213 e. The summed E-state index contributed by atoms with van der Waals surface area (Å²) < 4.78 is 0. The first-order valence-corrected chi connectivity index (χ1v) is 7.69. The van der Waals surface area contributed by atoms with Gasteiger partial charge in [-0.1, -0.05) is 25.0 Å². The predicted molar refractivity (Wildman–Crippen MR) is 84.0 cm³/mol. The van der Waals surface area contributed by atoms with Gasteiger partial charge in [0.05, 0.1) is 0 Å². The Morgan fingerprint density at radius 1 is 1.25 bits per heavy atom. The normalized spacial score (nSPS) is 24.3. The molecule has 3 nitrogen and oxygen atoms in total. The van der Waals surface area contributed by atoms with Crippen molar-refractivity contribution in [3.63, 3.8) is 0 Å². The third-order valence-electron chi connectivity index (χ3n) is 4.40. The second kappa shape index (κ2) is 7.44. The number of anilines is 1. The van der Waals surface area contributed by atoms with Crippen LogP contribution in [-0.4, -0.2) is 26.0 Å². The number of hydrogen-bond donors (Lipinski definition) is 1. The first-order valence-electron chi connectivity index (χ1n) is 7.69. The standard InChI is InChI=1S/C9H11NO.C8H15N/c1-8-4-3-5-9(6-8)10(2)7-11;1-2-4-8-7(3-1)5-6-9-8/h3-7H,1-2H3;7-9H,1-6H2. The lowest BCUT2D eigenvalue weighted by molar-refractivity contribution is -0.107. The monoisotopic (exact) mass is 274 g/mol. The summed E-state index contributed by atoms with van der Waals surface area (Å²) in [5.74, 6) is 1.05. The average molecular weight is 274 g/mol. The highest BCUT2D eigenvalue weighted by molar-refractivity contribution is 5.74. The number of benzene rings is 1. The molecule has 1 N–H and O–H groups in total. The minimum atomic E-state index is 0.800. The highest BCUT2D eigenvalue weighted by Crippen LogP contribution is 2.29. The third kappa shape index (κ3) is 4.07. The SMILES string of the molecule is C1CCC2NCCC2C1.Cc1cccc(N(C)C=O)c1. The fourth-order valence-corrected chi connectivity index (χ4v) is 3.18. The molecule has 2 unspecified atom stereocenters. The Labute approximate surface area is 122 Å². The summed E-state index contributed by atoms with van der Waals surface area (Å²) in [6.45, 7) is 3.29. The van der Waals surface area contributed by atoms with Gasteiger partial charge in [0, 0.05) is 18.8 Å². The number of hydrogen-bond acceptors (Lipinski definition) is 2. The zero-order valence-electron chi connectivity index (χ0n) is 12.6. The van der Waals surface area contributed by atoms with Gasteiger partial charge in [-0.25, -0.2) is 0 Å². The maximum absolute atomic E-state index is 10.3. The summed E-state index contributed by atoms with van der Waals surface area (Å²) in [5, 5.41) is 3.56. The van der Waals surface area contributed by atoms with E-state index in [4.69, 9.17) is 0 Å². The molecule has 0 bridgehead atoms. The van der Waals surface area contributed by atoms with Crippen molar-refractivity contribution in [2.45, 2.75) is 45.1 Å². The van der Waals surface area contributed by atoms with E-state index < -0.39 is 0 Å². The van der Waals surface area contributed by atoms with Gasteiger partial charge in [-0.05, 0) is 56.3 Å². The molecule has 3 heteroatoms. The summed E-state index contributed by atoms with van der Waals surface area (Å²) in [6, 6.07) is 8.72. The molecule has 0 spiro atoms. The maximum atomic E-state index is 10.3. The molecule has 3 rings (SSSR count). The molecule has 1 saturated heterocycles. The number of carbonyl (C=O) groups excluding carboxylic acids is 1. The van der Waals surface area contributed by atoms with Crippen molar-refractivity contribution in [3.05, 3.63) is 29.8 Å². The van der Waals surface area contributed by atoms with Gasteiger partial charge in [0.2, 0.25) is 6.41 Å². The number of rotatable bonds is 2. The van der Waals surface area contributed by atoms with Crippen LogP contribution in [0.2, 0.25) is 0 Å². The van der Waals surface area contributed by atoms with Crippen LogP contribution in [0.15, 0.2) is 24.3 Å². The van der Waals surface area contributed by atoms with Gasteiger partial charge in [-0.15, -0.1) is 0 Å². The molecule has 20 heavy (non-hydrogen) atoms. The zero-order chi connectivity index (χ0) is 14.4. The molecule has 1 aromatic carbocycles. The number of amides is 1. The van der Waals surface area contributed by atoms with Crippen LogP contribution in [0.5, 0.6) is 0 Å². The predicted octanol–water partition coefficient (Wildman–Crippen LogP) is 3.13. The van der Waals surface area contributed by atoms with E-state index in [1.54, 1.807) is 11.9 Å². The van der Waals surface area contributed by atoms with Crippen LogP contribution in [-0.2, 0) is 4.79 Å². The van der Waals surface area contributed by atoms with Crippen molar-refractivity contribution in [1.82, 2.24) is 5.32 Å². The lowest BCUT2D eigenvalue weighted by Crippen LogP contribution is -2.29. The molecular formula is C17H26N2O. The lowest BCUT2D eigenvalue weighted by Gasteiger charge is -2.24. The van der Waals surface area contributed by atoms with E-state index in [0.717, 1.165) is 29.6 Å². The van der Waals surface area contributed by atoms with Crippen molar-refractivity contribution >= 4 is 12.1 Å². The second-order valence-electron chi connectivity index (χ2n) is 5.95. The van der Waals surface area contributed by atoms with Crippen LogP contribution in [0.4, 0.5) is 5.69 Å². The van der Waals surface area contributed by atoms with Crippen molar-refractivity contribution in [3.8, 4) is 0 Å². The van der Waals surface area contributed by atoms with Gasteiger partial charge in [-0.2, -0.15) is 0 Å². The van der Waals surface area contributed by atoms with Crippen molar-refractivity contribution in [2.24, 2.45) is 5.92 Å². The minimum absolute atomic E-state index is 0.800. The molecule has 1 aromatic rings. The van der Waals surface area contributed by atoms with Crippen LogP contribution in [0.3, 0.4) is 0 Å². The van der Waals surface area contributed by atoms with Gasteiger partial charge in [0.1, 0.15) is 0 Å². The van der Waals surface area contributed by atoms with Gasteiger partial charge < -0.3 is 10.2 Å². The smallest absolute Gasteiger partial charge is 0.213 e. The first-order chi connectivity index (χ1) is 9.70. The Balaban J connectivity index is 0.000000149. The third-order valence-corrected chi connectivity index (χ3v) is 4.40. The molecule has 2 aliphatic rings. The Kier molecular flexibility index (Phi) is 5.60. The Morgan fingerprint density at radius 3 is 2.75 bits per heavy atom. The van der Waals surface area contributed by atoms with Crippen molar-refractivity contribution in [2.75, 3.05) is 18.5 Å².